The van der Waals surface area contributed by atoms with E-state index < -0.39 is 23.4 Å². The maximum Gasteiger partial charge on any atom is 0.344 e. The van der Waals surface area contributed by atoms with Crippen molar-refractivity contribution in [3.05, 3.63) is 35.9 Å². The van der Waals surface area contributed by atoms with Crippen LogP contribution in [0.3, 0.4) is 0 Å². The molecule has 1 aliphatic heterocycles. The first-order valence-electron chi connectivity index (χ1n) is 9.71. The third-order valence-corrected chi connectivity index (χ3v) is 4.63. The number of likely N-dealkylation sites (N-methyl/N-ethyl adjacent to an activating group) is 1. The molecule has 1 fully saturated rings. The molecule has 0 bridgehead atoms. The first-order chi connectivity index (χ1) is 13.6. The second kappa shape index (κ2) is 9.51. The highest BCUT2D eigenvalue weighted by Gasteiger charge is 2.48. The van der Waals surface area contributed by atoms with Crippen LogP contribution in [0, 0.1) is 0 Å². The van der Waals surface area contributed by atoms with Gasteiger partial charge in [-0.25, -0.2) is 4.79 Å². The molecule has 0 aliphatic carbocycles. The highest BCUT2D eigenvalue weighted by molar-refractivity contribution is 6.07. The summed E-state index contributed by atoms with van der Waals surface area (Å²) >= 11 is 0. The van der Waals surface area contributed by atoms with Crippen LogP contribution >= 0.6 is 0 Å². The third kappa shape index (κ3) is 6.28. The monoisotopic (exact) mass is 404 g/mol. The van der Waals surface area contributed by atoms with E-state index in [0.717, 1.165) is 10.6 Å². The molecule has 9 nitrogen and oxygen atoms in total. The number of hydrogen-bond acceptors (Lipinski definition) is 4. The number of amides is 5. The third-order valence-electron chi connectivity index (χ3n) is 4.63. The summed E-state index contributed by atoms with van der Waals surface area (Å²) < 4.78 is 0. The molecule has 1 saturated heterocycles. The molecule has 0 spiro atoms. The second-order valence-corrected chi connectivity index (χ2v) is 7.96. The SMILES string of the molecule is CC(C)NC(=O)C[NH+](C)CC(=O)NN1C(=O)N[C@](C)(CCc2ccccc2)C1=O. The molecular formula is C20H30N5O4+. The van der Waals surface area contributed by atoms with Crippen LogP contribution in [0.4, 0.5) is 4.79 Å². The number of nitrogens with one attached hydrogen (secondary N) is 4. The fraction of sp³-hybridized carbons (Fsp3) is 0.500. The Morgan fingerprint density at radius 2 is 1.76 bits per heavy atom. The fourth-order valence-corrected chi connectivity index (χ4v) is 3.14. The van der Waals surface area contributed by atoms with Crippen molar-refractivity contribution in [2.75, 3.05) is 20.1 Å². The van der Waals surface area contributed by atoms with E-state index >= 15 is 0 Å². The van der Waals surface area contributed by atoms with Crippen molar-refractivity contribution < 1.29 is 24.1 Å². The lowest BCUT2D eigenvalue weighted by Crippen LogP contribution is -3.11. The van der Waals surface area contributed by atoms with Gasteiger partial charge in [0, 0.05) is 6.04 Å². The zero-order valence-corrected chi connectivity index (χ0v) is 17.4. The summed E-state index contributed by atoms with van der Waals surface area (Å²) in [6, 6.07) is 9.02. The quantitative estimate of drug-likeness (QED) is 0.396. The van der Waals surface area contributed by atoms with Crippen LogP contribution < -0.4 is 21.0 Å². The molecule has 1 unspecified atom stereocenters. The maximum atomic E-state index is 12.7. The number of aryl methyl sites for hydroxylation is 1. The highest BCUT2D eigenvalue weighted by atomic mass is 16.2. The van der Waals surface area contributed by atoms with Gasteiger partial charge in [0.15, 0.2) is 13.1 Å². The molecule has 1 heterocycles. The van der Waals surface area contributed by atoms with Gasteiger partial charge in [-0.3, -0.25) is 19.8 Å². The molecule has 158 valence electrons. The lowest BCUT2D eigenvalue weighted by atomic mass is 9.93. The van der Waals surface area contributed by atoms with Crippen LogP contribution in [0.5, 0.6) is 0 Å². The average Bonchev–Trinajstić information content (AvgIpc) is 2.83. The summed E-state index contributed by atoms with van der Waals surface area (Å²) in [7, 11) is 1.69. The maximum absolute atomic E-state index is 12.7. The number of carbonyl (C=O) groups excluding carboxylic acids is 4. The summed E-state index contributed by atoms with van der Waals surface area (Å²) in [5.41, 5.74) is 2.33. The van der Waals surface area contributed by atoms with Gasteiger partial charge in [-0.15, -0.1) is 0 Å². The Bertz CT molecular complexity index is 767. The van der Waals surface area contributed by atoms with E-state index in [-0.39, 0.29) is 25.0 Å². The van der Waals surface area contributed by atoms with Crippen LogP contribution in [-0.4, -0.2) is 60.5 Å². The minimum Gasteiger partial charge on any atom is -0.349 e. The number of carbonyl (C=O) groups is 4. The van der Waals surface area contributed by atoms with Crippen LogP contribution in [-0.2, 0) is 20.8 Å². The predicted octanol–water partition coefficient (Wildman–Crippen LogP) is -1.000. The van der Waals surface area contributed by atoms with E-state index in [1.54, 1.807) is 14.0 Å². The predicted molar refractivity (Wildman–Crippen MR) is 107 cm³/mol. The van der Waals surface area contributed by atoms with Gasteiger partial charge in [0.2, 0.25) is 0 Å². The van der Waals surface area contributed by atoms with E-state index in [0.29, 0.717) is 17.7 Å². The molecule has 2 atom stereocenters. The normalized spacial score (nSPS) is 19.8. The van der Waals surface area contributed by atoms with E-state index in [1.807, 2.05) is 44.2 Å². The van der Waals surface area contributed by atoms with Crippen molar-refractivity contribution in [2.45, 2.75) is 45.2 Å². The molecule has 1 aliphatic rings. The van der Waals surface area contributed by atoms with Crippen LogP contribution in [0.2, 0.25) is 0 Å². The Kier molecular flexibility index (Phi) is 7.33. The van der Waals surface area contributed by atoms with E-state index in [4.69, 9.17) is 0 Å². The molecule has 2 rings (SSSR count). The number of benzene rings is 1. The molecule has 9 heteroatoms. The van der Waals surface area contributed by atoms with Gasteiger partial charge >= 0.3 is 6.03 Å². The molecule has 1 aromatic rings. The average molecular weight is 404 g/mol. The van der Waals surface area contributed by atoms with Crippen molar-refractivity contribution >= 4 is 23.8 Å². The molecule has 0 aromatic heterocycles. The lowest BCUT2D eigenvalue weighted by Gasteiger charge is -2.22. The van der Waals surface area contributed by atoms with Crippen molar-refractivity contribution in [1.29, 1.82) is 0 Å². The molecule has 5 amide bonds. The van der Waals surface area contributed by atoms with Crippen LogP contribution in [0.15, 0.2) is 30.3 Å². The Morgan fingerprint density at radius 1 is 1.14 bits per heavy atom. The van der Waals surface area contributed by atoms with Crippen LogP contribution in [0.25, 0.3) is 0 Å². The molecule has 0 saturated carbocycles. The van der Waals surface area contributed by atoms with Gasteiger partial charge in [0.1, 0.15) is 5.54 Å². The van der Waals surface area contributed by atoms with Crippen molar-refractivity contribution in [3.63, 3.8) is 0 Å². The van der Waals surface area contributed by atoms with Crippen molar-refractivity contribution in [1.82, 2.24) is 21.1 Å². The molecule has 1 aromatic carbocycles. The largest absolute Gasteiger partial charge is 0.349 e. The number of imide groups is 1. The molecule has 0 radical (unpaired) electrons. The number of rotatable bonds is 9. The van der Waals surface area contributed by atoms with Gasteiger partial charge in [0.25, 0.3) is 17.7 Å². The minimum atomic E-state index is -1.09. The zero-order chi connectivity index (χ0) is 21.6. The Labute approximate surface area is 170 Å². The Hall–Kier alpha value is -2.94. The van der Waals surface area contributed by atoms with Gasteiger partial charge in [0.05, 0.1) is 7.05 Å². The Morgan fingerprint density at radius 3 is 2.38 bits per heavy atom. The molecular weight excluding hydrogens is 374 g/mol. The standard InChI is InChI=1S/C20H29N5O4/c1-14(2)21-16(26)12-24(4)13-17(27)23-25-18(28)20(3,22-19(25)29)11-10-15-8-6-5-7-9-15/h5-9,14H,10-13H2,1-4H3,(H,21,26)(H,22,29)(H,23,27)/p+1/t20-/m1/s1. The summed E-state index contributed by atoms with van der Waals surface area (Å²) in [6.45, 7) is 5.42. The van der Waals surface area contributed by atoms with Gasteiger partial charge in [-0.05, 0) is 39.2 Å². The summed E-state index contributed by atoms with van der Waals surface area (Å²) in [5, 5.41) is 6.15. The van der Waals surface area contributed by atoms with E-state index in [2.05, 4.69) is 16.1 Å². The van der Waals surface area contributed by atoms with Gasteiger partial charge < -0.3 is 15.5 Å². The summed E-state index contributed by atoms with van der Waals surface area (Å²) in [6.07, 6.45) is 1.03. The van der Waals surface area contributed by atoms with Gasteiger partial charge in [-0.2, -0.15) is 5.01 Å². The minimum absolute atomic E-state index is 0.0172. The second-order valence-electron chi connectivity index (χ2n) is 7.96. The summed E-state index contributed by atoms with van der Waals surface area (Å²) in [5.74, 6) is -1.19. The number of nitrogens with zero attached hydrogens (tertiary/aromatic N) is 1. The summed E-state index contributed by atoms with van der Waals surface area (Å²) in [4.78, 5) is 49.6. The van der Waals surface area contributed by atoms with E-state index in [1.165, 1.54) is 0 Å². The van der Waals surface area contributed by atoms with E-state index in [9.17, 15) is 19.2 Å². The first kappa shape index (κ1) is 22.4. The smallest absolute Gasteiger partial charge is 0.344 e. The fourth-order valence-electron chi connectivity index (χ4n) is 3.14. The zero-order valence-electron chi connectivity index (χ0n) is 17.4. The Balaban J connectivity index is 1.88. The number of hydrazine groups is 1. The number of hydrogen-bond donors (Lipinski definition) is 4. The molecule has 29 heavy (non-hydrogen) atoms. The number of quaternary nitrogens is 1. The lowest BCUT2D eigenvalue weighted by molar-refractivity contribution is -0.862. The number of urea groups is 1. The van der Waals surface area contributed by atoms with Crippen molar-refractivity contribution in [3.8, 4) is 0 Å². The molecule has 4 N–H and O–H groups in total. The first-order valence-corrected chi connectivity index (χ1v) is 9.71. The van der Waals surface area contributed by atoms with Crippen LogP contribution in [0.1, 0.15) is 32.8 Å². The topological polar surface area (TPSA) is 112 Å². The van der Waals surface area contributed by atoms with Crippen molar-refractivity contribution in [2.24, 2.45) is 0 Å². The van der Waals surface area contributed by atoms with Gasteiger partial charge in [-0.1, -0.05) is 30.3 Å². The highest BCUT2D eigenvalue weighted by Crippen LogP contribution is 2.22.